The molecule has 1 atom stereocenters. The molecule has 1 unspecified atom stereocenters. The van der Waals surface area contributed by atoms with Crippen molar-refractivity contribution in [1.29, 1.82) is 0 Å². The van der Waals surface area contributed by atoms with Crippen LogP contribution in [0, 0.1) is 0 Å². The summed E-state index contributed by atoms with van der Waals surface area (Å²) in [4.78, 5) is 4.58. The first kappa shape index (κ1) is 14.7. The molecule has 21 heavy (non-hydrogen) atoms. The van der Waals surface area contributed by atoms with Crippen molar-refractivity contribution in [2.45, 2.75) is 31.6 Å². The molecule has 3 nitrogen and oxygen atoms in total. The molecule has 2 aliphatic heterocycles. The largest absolute Gasteiger partial charge is 0.416 e. The number of hydrogen-bond donors (Lipinski definition) is 1. The molecule has 0 amide bonds. The van der Waals surface area contributed by atoms with E-state index >= 15 is 0 Å². The van der Waals surface area contributed by atoms with Crippen LogP contribution in [0.2, 0.25) is 0 Å². The minimum Gasteiger partial charge on any atom is -0.399 e. The summed E-state index contributed by atoms with van der Waals surface area (Å²) in [5, 5.41) is 0. The number of nitrogens with zero attached hydrogens (tertiary/aromatic N) is 2. The van der Waals surface area contributed by atoms with Crippen molar-refractivity contribution in [3.63, 3.8) is 0 Å². The first-order chi connectivity index (χ1) is 9.93. The quantitative estimate of drug-likeness (QED) is 0.852. The topological polar surface area (TPSA) is 32.5 Å². The third-order valence-corrected chi connectivity index (χ3v) is 4.50. The Kier molecular flexibility index (Phi) is 3.84. The Morgan fingerprint density at radius 2 is 2.00 bits per heavy atom. The maximum Gasteiger partial charge on any atom is 0.416 e. The molecule has 1 aromatic rings. The number of alkyl halides is 3. The van der Waals surface area contributed by atoms with Gasteiger partial charge in [0.2, 0.25) is 0 Å². The number of piperazine rings is 1. The Hall–Kier alpha value is -1.27. The molecule has 2 aliphatic rings. The average molecular weight is 299 g/mol. The van der Waals surface area contributed by atoms with Gasteiger partial charge in [0.05, 0.1) is 5.56 Å². The number of nitrogens with two attached hydrogens (primary N) is 1. The third-order valence-electron chi connectivity index (χ3n) is 4.50. The van der Waals surface area contributed by atoms with E-state index in [-0.39, 0.29) is 5.69 Å². The summed E-state index contributed by atoms with van der Waals surface area (Å²) >= 11 is 0. The molecule has 0 bridgehead atoms. The van der Waals surface area contributed by atoms with E-state index in [1.165, 1.54) is 12.5 Å². The fraction of sp³-hybridized carbons (Fsp3) is 0.600. The average Bonchev–Trinajstić information content (AvgIpc) is 2.87. The van der Waals surface area contributed by atoms with Crippen molar-refractivity contribution in [1.82, 2.24) is 9.80 Å². The van der Waals surface area contributed by atoms with E-state index in [4.69, 9.17) is 5.73 Å². The van der Waals surface area contributed by atoms with Crippen LogP contribution in [0.4, 0.5) is 18.9 Å². The van der Waals surface area contributed by atoms with Crippen LogP contribution < -0.4 is 5.73 Å². The number of halogens is 3. The summed E-state index contributed by atoms with van der Waals surface area (Å²) in [6.07, 6.45) is -1.99. The number of rotatable bonds is 2. The molecule has 0 radical (unpaired) electrons. The van der Waals surface area contributed by atoms with Gasteiger partial charge in [-0.25, -0.2) is 0 Å². The molecule has 1 aromatic carbocycles. The van der Waals surface area contributed by atoms with Crippen LogP contribution in [0.1, 0.15) is 24.0 Å². The molecular formula is C15H20F3N3. The van der Waals surface area contributed by atoms with Gasteiger partial charge in [0.25, 0.3) is 0 Å². The highest BCUT2D eigenvalue weighted by Crippen LogP contribution is 2.34. The van der Waals surface area contributed by atoms with Crippen molar-refractivity contribution in [2.24, 2.45) is 0 Å². The molecular weight excluding hydrogens is 279 g/mol. The van der Waals surface area contributed by atoms with E-state index in [9.17, 15) is 13.2 Å². The normalized spacial score (nSPS) is 24.2. The fourth-order valence-corrected chi connectivity index (χ4v) is 3.44. The molecule has 2 fully saturated rings. The van der Waals surface area contributed by atoms with E-state index < -0.39 is 11.7 Å². The number of anilines is 1. The van der Waals surface area contributed by atoms with Crippen molar-refractivity contribution < 1.29 is 13.2 Å². The second-order valence-electron chi connectivity index (χ2n) is 5.98. The van der Waals surface area contributed by atoms with Gasteiger partial charge in [-0.2, -0.15) is 13.2 Å². The number of hydrogen-bond acceptors (Lipinski definition) is 3. The second-order valence-corrected chi connectivity index (χ2v) is 5.98. The van der Waals surface area contributed by atoms with Crippen LogP contribution in [0.25, 0.3) is 0 Å². The summed E-state index contributed by atoms with van der Waals surface area (Å²) in [7, 11) is 0. The molecule has 0 saturated carbocycles. The van der Waals surface area contributed by atoms with E-state index in [1.54, 1.807) is 6.07 Å². The number of fused-ring (bicyclic) bond motifs is 1. The van der Waals surface area contributed by atoms with Crippen molar-refractivity contribution in [2.75, 3.05) is 31.9 Å². The third kappa shape index (κ3) is 3.16. The zero-order valence-corrected chi connectivity index (χ0v) is 11.9. The zero-order chi connectivity index (χ0) is 15.0. The summed E-state index contributed by atoms with van der Waals surface area (Å²) < 4.78 is 39.3. The Labute approximate surface area is 122 Å². The van der Waals surface area contributed by atoms with Gasteiger partial charge in [0.1, 0.15) is 0 Å². The molecule has 2 heterocycles. The lowest BCUT2D eigenvalue weighted by molar-refractivity contribution is -0.138. The zero-order valence-electron chi connectivity index (χ0n) is 11.9. The summed E-state index contributed by atoms with van der Waals surface area (Å²) in [6, 6.07) is 4.62. The minimum absolute atomic E-state index is 0.159. The highest BCUT2D eigenvalue weighted by Gasteiger charge is 2.35. The van der Waals surface area contributed by atoms with Crippen molar-refractivity contribution >= 4 is 5.69 Å². The molecule has 0 spiro atoms. The smallest absolute Gasteiger partial charge is 0.399 e. The first-order valence-corrected chi connectivity index (χ1v) is 7.35. The SMILES string of the molecule is Nc1ccc(CN2CCN3CCCC3C2)c(C(F)(F)F)c1. The highest BCUT2D eigenvalue weighted by atomic mass is 19.4. The molecule has 3 rings (SSSR count). The molecule has 0 aromatic heterocycles. The number of benzene rings is 1. The molecule has 2 N–H and O–H groups in total. The lowest BCUT2D eigenvalue weighted by Gasteiger charge is -2.37. The van der Waals surface area contributed by atoms with Crippen molar-refractivity contribution in [3.8, 4) is 0 Å². The van der Waals surface area contributed by atoms with E-state index in [2.05, 4.69) is 9.80 Å². The molecule has 6 heteroatoms. The summed E-state index contributed by atoms with van der Waals surface area (Å²) in [5.41, 5.74) is 5.39. The summed E-state index contributed by atoms with van der Waals surface area (Å²) in [6.45, 7) is 4.13. The standard InChI is InChI=1S/C15H20F3N3/c16-15(17,18)14-8-12(19)4-3-11(14)9-20-6-7-21-5-1-2-13(21)10-20/h3-4,8,13H,1-2,5-7,9-10,19H2. The Balaban J connectivity index is 1.76. The van der Waals surface area contributed by atoms with Gasteiger partial charge in [0, 0.05) is 37.9 Å². The lowest BCUT2D eigenvalue weighted by Crippen LogP contribution is -2.49. The highest BCUT2D eigenvalue weighted by molar-refractivity contribution is 5.46. The Morgan fingerprint density at radius 3 is 2.76 bits per heavy atom. The van der Waals surface area contributed by atoms with E-state index in [1.807, 2.05) is 0 Å². The predicted octanol–water partition coefficient (Wildman–Crippen LogP) is 2.57. The van der Waals surface area contributed by atoms with Gasteiger partial charge < -0.3 is 5.73 Å². The Bertz CT molecular complexity index is 515. The van der Waals surface area contributed by atoms with Crippen LogP contribution in [0.5, 0.6) is 0 Å². The van der Waals surface area contributed by atoms with Gasteiger partial charge in [-0.3, -0.25) is 9.80 Å². The first-order valence-electron chi connectivity index (χ1n) is 7.35. The second kappa shape index (κ2) is 5.50. The molecule has 2 saturated heterocycles. The maximum atomic E-state index is 13.1. The minimum atomic E-state index is -4.35. The van der Waals surface area contributed by atoms with Gasteiger partial charge in [-0.05, 0) is 37.1 Å². The lowest BCUT2D eigenvalue weighted by atomic mass is 10.0. The van der Waals surface area contributed by atoms with Gasteiger partial charge in [-0.15, -0.1) is 0 Å². The van der Waals surface area contributed by atoms with Crippen LogP contribution in [0.15, 0.2) is 18.2 Å². The van der Waals surface area contributed by atoms with Crippen LogP contribution in [0.3, 0.4) is 0 Å². The van der Waals surface area contributed by atoms with Crippen LogP contribution in [-0.4, -0.2) is 42.0 Å². The molecule has 0 aliphatic carbocycles. The number of nitrogen functional groups attached to an aromatic ring is 1. The Morgan fingerprint density at radius 1 is 1.19 bits per heavy atom. The van der Waals surface area contributed by atoms with Crippen LogP contribution >= 0.6 is 0 Å². The fourth-order valence-electron chi connectivity index (χ4n) is 3.44. The van der Waals surface area contributed by atoms with Gasteiger partial charge in [0.15, 0.2) is 0 Å². The van der Waals surface area contributed by atoms with Gasteiger partial charge in [-0.1, -0.05) is 6.07 Å². The molecule has 116 valence electrons. The summed E-state index contributed by atoms with van der Waals surface area (Å²) in [5.74, 6) is 0. The van der Waals surface area contributed by atoms with Gasteiger partial charge >= 0.3 is 6.18 Å². The van der Waals surface area contributed by atoms with Crippen LogP contribution in [-0.2, 0) is 12.7 Å². The maximum absolute atomic E-state index is 13.1. The monoisotopic (exact) mass is 299 g/mol. The van der Waals surface area contributed by atoms with E-state index in [0.717, 1.165) is 38.7 Å². The van der Waals surface area contributed by atoms with Crippen molar-refractivity contribution in [3.05, 3.63) is 29.3 Å². The van der Waals surface area contributed by atoms with E-state index in [0.29, 0.717) is 18.2 Å². The predicted molar refractivity (Wildman–Crippen MR) is 75.7 cm³/mol.